The van der Waals surface area contributed by atoms with Gasteiger partial charge in [-0.15, -0.1) is 4.73 Å². The number of nitrogens with one attached hydrogen (secondary N) is 2. The molecule has 1 aliphatic rings. The van der Waals surface area contributed by atoms with Crippen molar-refractivity contribution in [2.75, 3.05) is 11.9 Å². The summed E-state index contributed by atoms with van der Waals surface area (Å²) in [4.78, 5) is 28.9. The number of hydrogen-bond acceptors (Lipinski definition) is 5. The molecule has 7 heteroatoms. The number of carbonyl (C=O) groups excluding carboxylic acids is 1. The number of carbonyl (C=O) groups is 1. The first-order valence-corrected chi connectivity index (χ1v) is 7.49. The molecule has 4 rings (SSSR count). The molecule has 0 bridgehead atoms. The SMILES string of the molecule is O=C1NCC(c2ccccc2)Nc2c1c(=O)n(O)c1ncccc21. The van der Waals surface area contributed by atoms with E-state index in [0.29, 0.717) is 22.3 Å². The Bertz CT molecular complexity index is 998. The molecule has 120 valence electrons. The van der Waals surface area contributed by atoms with Crippen LogP contribution in [0.4, 0.5) is 5.69 Å². The van der Waals surface area contributed by atoms with Gasteiger partial charge in [-0.2, -0.15) is 0 Å². The highest BCUT2D eigenvalue weighted by atomic mass is 16.5. The maximum Gasteiger partial charge on any atom is 0.299 e. The lowest BCUT2D eigenvalue weighted by molar-refractivity contribution is 0.0948. The Morgan fingerprint density at radius 1 is 1.12 bits per heavy atom. The second kappa shape index (κ2) is 5.38. The number of pyridine rings is 2. The third kappa shape index (κ3) is 2.10. The van der Waals surface area contributed by atoms with Gasteiger partial charge >= 0.3 is 0 Å². The first kappa shape index (κ1) is 14.3. The van der Waals surface area contributed by atoms with E-state index < -0.39 is 11.5 Å². The first-order valence-electron chi connectivity index (χ1n) is 7.49. The average molecular weight is 322 g/mol. The Morgan fingerprint density at radius 2 is 1.92 bits per heavy atom. The van der Waals surface area contributed by atoms with Gasteiger partial charge in [0.15, 0.2) is 5.65 Å². The zero-order valence-corrected chi connectivity index (χ0v) is 12.6. The number of amides is 1. The van der Waals surface area contributed by atoms with E-state index in [1.54, 1.807) is 12.1 Å². The van der Waals surface area contributed by atoms with Gasteiger partial charge in [-0.1, -0.05) is 30.3 Å². The minimum atomic E-state index is -0.796. The first-order chi connectivity index (χ1) is 11.7. The number of anilines is 1. The molecule has 0 saturated carbocycles. The van der Waals surface area contributed by atoms with Crippen molar-refractivity contribution in [2.45, 2.75) is 6.04 Å². The largest absolute Gasteiger partial charge is 0.423 e. The molecular formula is C17H14N4O3. The number of fused-ring (bicyclic) bond motifs is 3. The molecule has 0 saturated heterocycles. The Balaban J connectivity index is 1.97. The van der Waals surface area contributed by atoms with Crippen molar-refractivity contribution < 1.29 is 10.0 Å². The van der Waals surface area contributed by atoms with E-state index in [2.05, 4.69) is 15.6 Å². The summed E-state index contributed by atoms with van der Waals surface area (Å²) in [5, 5.41) is 16.6. The lowest BCUT2D eigenvalue weighted by atomic mass is 10.1. The van der Waals surface area contributed by atoms with E-state index in [1.807, 2.05) is 30.3 Å². The Labute approximate surface area is 136 Å². The monoisotopic (exact) mass is 322 g/mol. The van der Waals surface area contributed by atoms with E-state index in [-0.39, 0.29) is 17.3 Å². The topological polar surface area (TPSA) is 96.2 Å². The molecule has 1 atom stereocenters. The van der Waals surface area contributed by atoms with Gasteiger partial charge in [0.2, 0.25) is 0 Å². The van der Waals surface area contributed by atoms with Crippen molar-refractivity contribution in [1.29, 1.82) is 0 Å². The molecule has 0 fully saturated rings. The molecule has 1 aromatic carbocycles. The summed E-state index contributed by atoms with van der Waals surface area (Å²) < 4.78 is 0.415. The van der Waals surface area contributed by atoms with E-state index >= 15 is 0 Å². The summed E-state index contributed by atoms with van der Waals surface area (Å²) in [5.41, 5.74) is 0.565. The van der Waals surface area contributed by atoms with Crippen molar-refractivity contribution in [3.05, 3.63) is 70.1 Å². The van der Waals surface area contributed by atoms with Crippen LogP contribution in [-0.2, 0) is 0 Å². The molecule has 1 unspecified atom stereocenters. The van der Waals surface area contributed by atoms with E-state index in [9.17, 15) is 14.8 Å². The highest BCUT2D eigenvalue weighted by molar-refractivity contribution is 6.07. The van der Waals surface area contributed by atoms with E-state index in [1.165, 1.54) is 6.20 Å². The highest BCUT2D eigenvalue weighted by Gasteiger charge is 2.28. The molecule has 3 aromatic rings. The summed E-state index contributed by atoms with van der Waals surface area (Å²) in [6.45, 7) is 0.324. The predicted octanol–water partition coefficient (Wildman–Crippen LogP) is 1.53. The van der Waals surface area contributed by atoms with Gasteiger partial charge in [-0.25, -0.2) is 4.98 Å². The highest BCUT2D eigenvalue weighted by Crippen LogP contribution is 2.29. The summed E-state index contributed by atoms with van der Waals surface area (Å²) in [5.74, 6) is -0.519. The van der Waals surface area contributed by atoms with Crippen LogP contribution in [0.5, 0.6) is 0 Å². The second-order valence-electron chi connectivity index (χ2n) is 5.56. The maximum atomic E-state index is 12.4. The third-order valence-electron chi connectivity index (χ3n) is 4.13. The minimum absolute atomic E-state index is 0.107. The molecule has 1 aliphatic heterocycles. The van der Waals surface area contributed by atoms with Crippen LogP contribution in [0, 0.1) is 0 Å². The Kier molecular flexibility index (Phi) is 3.19. The second-order valence-corrected chi connectivity index (χ2v) is 5.56. The van der Waals surface area contributed by atoms with E-state index in [0.717, 1.165) is 5.56 Å². The molecule has 3 N–H and O–H groups in total. The quantitative estimate of drug-likeness (QED) is 0.591. The summed E-state index contributed by atoms with van der Waals surface area (Å²) in [6, 6.07) is 12.8. The standard InChI is InChI=1S/C17H14N4O3/c22-16-13-14(11-7-4-8-18-15(11)21(24)17(13)23)20-12(9-19-16)10-5-2-1-3-6-10/h1-8,12,20,24H,9H2,(H,19,22). The molecular weight excluding hydrogens is 308 g/mol. The van der Waals surface area contributed by atoms with Gasteiger partial charge in [0, 0.05) is 18.1 Å². The van der Waals surface area contributed by atoms with Crippen molar-refractivity contribution in [2.24, 2.45) is 0 Å². The third-order valence-corrected chi connectivity index (χ3v) is 4.13. The van der Waals surface area contributed by atoms with Crippen LogP contribution in [0.1, 0.15) is 22.0 Å². The fourth-order valence-electron chi connectivity index (χ4n) is 2.96. The number of aromatic nitrogens is 2. The van der Waals surface area contributed by atoms with Crippen molar-refractivity contribution in [1.82, 2.24) is 15.0 Å². The minimum Gasteiger partial charge on any atom is -0.423 e. The van der Waals surface area contributed by atoms with Crippen molar-refractivity contribution >= 4 is 22.6 Å². The number of benzene rings is 1. The van der Waals surface area contributed by atoms with Crippen LogP contribution in [0.2, 0.25) is 0 Å². The molecule has 3 heterocycles. The lowest BCUT2D eigenvalue weighted by Gasteiger charge is -2.19. The zero-order valence-electron chi connectivity index (χ0n) is 12.6. The molecule has 24 heavy (non-hydrogen) atoms. The van der Waals surface area contributed by atoms with Gasteiger partial charge in [-0.05, 0) is 17.7 Å². The number of rotatable bonds is 1. The molecule has 0 radical (unpaired) electrons. The van der Waals surface area contributed by atoms with Gasteiger partial charge in [0.1, 0.15) is 5.56 Å². The van der Waals surface area contributed by atoms with Crippen LogP contribution in [0.25, 0.3) is 11.0 Å². The average Bonchev–Trinajstić information content (AvgIpc) is 2.80. The van der Waals surface area contributed by atoms with Gasteiger partial charge in [-0.3, -0.25) is 9.59 Å². The zero-order chi connectivity index (χ0) is 16.7. The summed E-state index contributed by atoms with van der Waals surface area (Å²) in [7, 11) is 0. The van der Waals surface area contributed by atoms with Gasteiger partial charge in [0.25, 0.3) is 11.5 Å². The van der Waals surface area contributed by atoms with Crippen LogP contribution >= 0.6 is 0 Å². The van der Waals surface area contributed by atoms with Crippen LogP contribution in [0.15, 0.2) is 53.5 Å². The fourth-order valence-corrected chi connectivity index (χ4v) is 2.96. The number of hydrogen-bond donors (Lipinski definition) is 3. The molecule has 0 spiro atoms. The lowest BCUT2D eigenvalue weighted by Crippen LogP contribution is -2.32. The van der Waals surface area contributed by atoms with Crippen molar-refractivity contribution in [3.63, 3.8) is 0 Å². The van der Waals surface area contributed by atoms with Crippen LogP contribution < -0.4 is 16.2 Å². The molecule has 7 nitrogen and oxygen atoms in total. The Hall–Kier alpha value is -3.35. The molecule has 1 amide bonds. The number of nitrogens with zero attached hydrogens (tertiary/aromatic N) is 2. The van der Waals surface area contributed by atoms with Gasteiger partial charge < -0.3 is 15.8 Å². The normalized spacial score (nSPS) is 16.8. The smallest absolute Gasteiger partial charge is 0.299 e. The molecule has 0 aliphatic carbocycles. The Morgan fingerprint density at radius 3 is 2.71 bits per heavy atom. The predicted molar refractivity (Wildman–Crippen MR) is 88.3 cm³/mol. The van der Waals surface area contributed by atoms with Crippen LogP contribution in [-0.4, -0.2) is 27.4 Å². The summed E-state index contributed by atoms with van der Waals surface area (Å²) >= 11 is 0. The fraction of sp³-hybridized carbons (Fsp3) is 0.118. The van der Waals surface area contributed by atoms with Gasteiger partial charge in [0.05, 0.1) is 11.7 Å². The summed E-state index contributed by atoms with van der Waals surface area (Å²) in [6.07, 6.45) is 1.48. The maximum absolute atomic E-state index is 12.4. The van der Waals surface area contributed by atoms with Crippen molar-refractivity contribution in [3.8, 4) is 0 Å². The van der Waals surface area contributed by atoms with E-state index in [4.69, 9.17) is 0 Å². The molecule has 2 aromatic heterocycles. The van der Waals surface area contributed by atoms with Crippen LogP contribution in [0.3, 0.4) is 0 Å².